The van der Waals surface area contributed by atoms with E-state index in [1.165, 1.54) is 23.1 Å². The number of nitrogens with one attached hydrogen (secondary N) is 2. The highest BCUT2D eigenvalue weighted by Crippen LogP contribution is 2.31. The number of amides is 2. The van der Waals surface area contributed by atoms with E-state index in [1.54, 1.807) is 7.11 Å². The van der Waals surface area contributed by atoms with Crippen LogP contribution < -0.4 is 15.4 Å². The summed E-state index contributed by atoms with van der Waals surface area (Å²) in [5.74, 6) is 0.878. The van der Waals surface area contributed by atoms with Crippen LogP contribution in [0.25, 0.3) is 10.2 Å². The minimum Gasteiger partial charge on any atom is -0.497 e. The second-order valence-electron chi connectivity index (χ2n) is 7.34. The fraction of sp³-hybridized carbons (Fsp3) is 0.160. The molecule has 6 nitrogen and oxygen atoms in total. The maximum Gasteiger partial charge on any atom is 0.255 e. The van der Waals surface area contributed by atoms with Gasteiger partial charge in [-0.3, -0.25) is 9.59 Å². The van der Waals surface area contributed by atoms with E-state index in [4.69, 9.17) is 4.74 Å². The van der Waals surface area contributed by atoms with Crippen LogP contribution in [0, 0.1) is 6.92 Å². The fourth-order valence-electron chi connectivity index (χ4n) is 3.19. The zero-order chi connectivity index (χ0) is 23.2. The molecule has 3 aromatic carbocycles. The highest BCUT2D eigenvalue weighted by Gasteiger charge is 2.11. The van der Waals surface area contributed by atoms with Gasteiger partial charge in [-0.15, -0.1) is 11.3 Å². The van der Waals surface area contributed by atoms with Crippen LogP contribution in [0.1, 0.15) is 21.5 Å². The standard InChI is InChI=1S/C25H23N3O3S2/c1-16-5-3-4-6-20(16)24(30)27-18-9-12-21-22(13-18)33-25(28-21)32-15-23(29)26-14-17-7-10-19(31-2)11-8-17/h3-13H,14-15H2,1-2H3,(H,26,29)(H,27,30). The van der Waals surface area contributed by atoms with Gasteiger partial charge in [0.25, 0.3) is 5.91 Å². The van der Waals surface area contributed by atoms with E-state index < -0.39 is 0 Å². The van der Waals surface area contributed by atoms with Crippen LogP contribution in [-0.2, 0) is 11.3 Å². The number of ether oxygens (including phenoxy) is 1. The number of thioether (sulfide) groups is 1. The molecule has 0 radical (unpaired) electrons. The Hall–Kier alpha value is -3.36. The lowest BCUT2D eigenvalue weighted by Gasteiger charge is -2.07. The van der Waals surface area contributed by atoms with E-state index in [1.807, 2.05) is 73.7 Å². The zero-order valence-electron chi connectivity index (χ0n) is 18.3. The molecule has 33 heavy (non-hydrogen) atoms. The molecule has 2 amide bonds. The van der Waals surface area contributed by atoms with Gasteiger partial charge in [-0.05, 0) is 54.4 Å². The van der Waals surface area contributed by atoms with Gasteiger partial charge < -0.3 is 15.4 Å². The Kier molecular flexibility index (Phi) is 7.26. The molecule has 8 heteroatoms. The molecular formula is C25H23N3O3S2. The van der Waals surface area contributed by atoms with E-state index in [0.717, 1.165) is 31.4 Å². The molecular weight excluding hydrogens is 454 g/mol. The molecule has 168 valence electrons. The largest absolute Gasteiger partial charge is 0.497 e. The highest BCUT2D eigenvalue weighted by molar-refractivity contribution is 8.01. The molecule has 4 aromatic rings. The molecule has 4 rings (SSSR count). The van der Waals surface area contributed by atoms with Crippen molar-refractivity contribution in [3.63, 3.8) is 0 Å². The average Bonchev–Trinajstić information content (AvgIpc) is 3.24. The normalized spacial score (nSPS) is 10.7. The van der Waals surface area contributed by atoms with Crippen LogP contribution in [0.3, 0.4) is 0 Å². The maximum absolute atomic E-state index is 12.6. The number of hydrogen-bond donors (Lipinski definition) is 2. The molecule has 0 fully saturated rings. The molecule has 0 saturated carbocycles. The number of methoxy groups -OCH3 is 1. The van der Waals surface area contributed by atoms with Gasteiger partial charge in [0.2, 0.25) is 5.91 Å². The minimum atomic E-state index is -0.139. The quantitative estimate of drug-likeness (QED) is 0.338. The Morgan fingerprint density at radius 2 is 1.85 bits per heavy atom. The lowest BCUT2D eigenvalue weighted by Crippen LogP contribution is -2.24. The zero-order valence-corrected chi connectivity index (χ0v) is 19.9. The Morgan fingerprint density at radius 3 is 2.61 bits per heavy atom. The predicted octanol–water partition coefficient (Wildman–Crippen LogP) is 5.27. The van der Waals surface area contributed by atoms with Crippen molar-refractivity contribution in [1.29, 1.82) is 0 Å². The summed E-state index contributed by atoms with van der Waals surface area (Å²) in [5.41, 5.74) is 4.15. The van der Waals surface area contributed by atoms with Gasteiger partial charge in [0.1, 0.15) is 5.75 Å². The molecule has 0 atom stereocenters. The van der Waals surface area contributed by atoms with Crippen molar-refractivity contribution >= 4 is 50.8 Å². The molecule has 0 aliphatic carbocycles. The molecule has 0 spiro atoms. The fourth-order valence-corrected chi connectivity index (χ4v) is 5.13. The first-order chi connectivity index (χ1) is 16.0. The van der Waals surface area contributed by atoms with Crippen LogP contribution in [0.15, 0.2) is 71.1 Å². The highest BCUT2D eigenvalue weighted by atomic mass is 32.2. The first-order valence-corrected chi connectivity index (χ1v) is 12.1. The van der Waals surface area contributed by atoms with Gasteiger partial charge in [0, 0.05) is 17.8 Å². The van der Waals surface area contributed by atoms with Crippen molar-refractivity contribution in [2.45, 2.75) is 17.8 Å². The third kappa shape index (κ3) is 5.91. The van der Waals surface area contributed by atoms with Gasteiger partial charge in [0.15, 0.2) is 4.34 Å². The van der Waals surface area contributed by atoms with Gasteiger partial charge >= 0.3 is 0 Å². The second-order valence-corrected chi connectivity index (χ2v) is 9.60. The van der Waals surface area contributed by atoms with Crippen molar-refractivity contribution in [3.8, 4) is 5.75 Å². The smallest absolute Gasteiger partial charge is 0.255 e. The number of nitrogens with zero attached hydrogens (tertiary/aromatic N) is 1. The predicted molar refractivity (Wildman–Crippen MR) is 134 cm³/mol. The van der Waals surface area contributed by atoms with E-state index in [-0.39, 0.29) is 17.6 Å². The third-order valence-corrected chi connectivity index (χ3v) is 7.15. The Bertz CT molecular complexity index is 1290. The number of hydrogen-bond acceptors (Lipinski definition) is 6. The number of aromatic nitrogens is 1. The number of carbonyl (C=O) groups is 2. The summed E-state index contributed by atoms with van der Waals surface area (Å²) in [4.78, 5) is 29.4. The van der Waals surface area contributed by atoms with Crippen LogP contribution in [-0.4, -0.2) is 29.7 Å². The van der Waals surface area contributed by atoms with Gasteiger partial charge in [-0.1, -0.05) is 42.1 Å². The van der Waals surface area contributed by atoms with E-state index in [9.17, 15) is 9.59 Å². The number of benzene rings is 3. The molecule has 0 bridgehead atoms. The van der Waals surface area contributed by atoms with Crippen LogP contribution >= 0.6 is 23.1 Å². The van der Waals surface area contributed by atoms with E-state index in [0.29, 0.717) is 17.8 Å². The van der Waals surface area contributed by atoms with E-state index in [2.05, 4.69) is 15.6 Å². The molecule has 1 heterocycles. The molecule has 0 aliphatic heterocycles. The number of thiazole rings is 1. The maximum atomic E-state index is 12.6. The van der Waals surface area contributed by atoms with Crippen LogP contribution in [0.5, 0.6) is 5.75 Å². The number of carbonyl (C=O) groups excluding carboxylic acids is 2. The van der Waals surface area contributed by atoms with Crippen molar-refractivity contribution in [2.75, 3.05) is 18.2 Å². The lowest BCUT2D eigenvalue weighted by molar-refractivity contribution is -0.118. The van der Waals surface area contributed by atoms with Gasteiger partial charge in [-0.25, -0.2) is 4.98 Å². The first-order valence-electron chi connectivity index (χ1n) is 10.3. The van der Waals surface area contributed by atoms with Crippen molar-refractivity contribution in [3.05, 3.63) is 83.4 Å². The number of rotatable bonds is 8. The van der Waals surface area contributed by atoms with E-state index >= 15 is 0 Å². The number of fused-ring (bicyclic) bond motifs is 1. The Labute approximate surface area is 200 Å². The summed E-state index contributed by atoms with van der Waals surface area (Å²) in [7, 11) is 1.62. The van der Waals surface area contributed by atoms with Crippen molar-refractivity contribution in [2.24, 2.45) is 0 Å². The minimum absolute atomic E-state index is 0.0544. The third-order valence-electron chi connectivity index (χ3n) is 4.99. The lowest BCUT2D eigenvalue weighted by atomic mass is 10.1. The Morgan fingerprint density at radius 1 is 1.06 bits per heavy atom. The van der Waals surface area contributed by atoms with Crippen LogP contribution in [0.2, 0.25) is 0 Å². The summed E-state index contributed by atoms with van der Waals surface area (Å²) < 4.78 is 6.91. The summed E-state index contributed by atoms with van der Waals surface area (Å²) >= 11 is 2.91. The van der Waals surface area contributed by atoms with Crippen LogP contribution in [0.4, 0.5) is 5.69 Å². The first kappa shape index (κ1) is 22.8. The molecule has 0 unspecified atom stereocenters. The molecule has 0 saturated heterocycles. The summed E-state index contributed by atoms with van der Waals surface area (Å²) in [5, 5.41) is 5.87. The van der Waals surface area contributed by atoms with Crippen molar-refractivity contribution < 1.29 is 14.3 Å². The van der Waals surface area contributed by atoms with Gasteiger partial charge in [0.05, 0.1) is 23.1 Å². The average molecular weight is 478 g/mol. The molecule has 0 aliphatic rings. The Balaban J connectivity index is 1.32. The molecule has 1 aromatic heterocycles. The SMILES string of the molecule is COc1ccc(CNC(=O)CSc2nc3ccc(NC(=O)c4ccccc4C)cc3s2)cc1. The topological polar surface area (TPSA) is 80.3 Å². The number of anilines is 1. The number of aryl methyl sites for hydroxylation is 1. The summed E-state index contributed by atoms with van der Waals surface area (Å²) in [6, 6.07) is 20.7. The summed E-state index contributed by atoms with van der Waals surface area (Å²) in [6.45, 7) is 2.38. The molecule has 2 N–H and O–H groups in total. The monoisotopic (exact) mass is 477 g/mol. The van der Waals surface area contributed by atoms with Crippen molar-refractivity contribution in [1.82, 2.24) is 10.3 Å². The van der Waals surface area contributed by atoms with Gasteiger partial charge in [-0.2, -0.15) is 0 Å². The second kappa shape index (κ2) is 10.5. The summed E-state index contributed by atoms with van der Waals surface area (Å²) in [6.07, 6.45) is 0.